The number of fused-ring (bicyclic) bond motifs is 1. The van der Waals surface area contributed by atoms with Gasteiger partial charge >= 0.3 is 0 Å². The Labute approximate surface area is 108 Å². The highest BCUT2D eigenvalue weighted by atomic mass is 35.5. The van der Waals surface area contributed by atoms with Gasteiger partial charge in [0, 0.05) is 20.1 Å². The summed E-state index contributed by atoms with van der Waals surface area (Å²) in [6.45, 7) is 0.161. The first-order valence-corrected chi connectivity index (χ1v) is 5.99. The summed E-state index contributed by atoms with van der Waals surface area (Å²) in [6, 6.07) is 0. The minimum atomic E-state index is -2.13. The number of Topliss-reactive ketones (excluding diaryl/α,β-unsaturated/α-hetero) is 1. The molecule has 4 atom stereocenters. The quantitative estimate of drug-likeness (QED) is 0.581. The van der Waals surface area contributed by atoms with Crippen molar-refractivity contribution in [3.05, 3.63) is 0 Å². The van der Waals surface area contributed by atoms with Crippen molar-refractivity contribution < 1.29 is 24.1 Å². The van der Waals surface area contributed by atoms with Gasteiger partial charge in [-0.3, -0.25) is 4.79 Å². The fraction of sp³-hybridized carbons (Fsp3) is 0.900. The van der Waals surface area contributed by atoms with Gasteiger partial charge in [0.1, 0.15) is 0 Å². The van der Waals surface area contributed by atoms with Crippen molar-refractivity contribution in [2.24, 2.45) is 5.92 Å². The van der Waals surface area contributed by atoms with Crippen LogP contribution in [0.4, 0.5) is 0 Å². The summed E-state index contributed by atoms with van der Waals surface area (Å²) in [4.78, 5) is 9.25. The molecule has 0 radical (unpaired) electrons. The zero-order valence-corrected chi connectivity index (χ0v) is 10.8. The van der Waals surface area contributed by atoms with E-state index in [1.807, 2.05) is 0 Å². The smallest absolute Gasteiger partial charge is 0.254 e. The van der Waals surface area contributed by atoms with E-state index in [9.17, 15) is 9.90 Å². The molecule has 3 aliphatic rings. The number of carbonyl (C=O) groups excluding carboxylic acids is 1. The standard InChI is InChI=1S/C10H12Cl2O5/c1-15-10(16-2)7(11)3-5-4-17-9(14,6(7)13)8(5,10)12/h5,14H,3-4H2,1-2H3/t5-,7-,8+,9-/m1/s1. The molecule has 1 saturated heterocycles. The summed E-state index contributed by atoms with van der Waals surface area (Å²) in [7, 11) is 2.70. The van der Waals surface area contributed by atoms with Crippen molar-refractivity contribution in [3.8, 4) is 0 Å². The minimum absolute atomic E-state index is 0.161. The number of alkyl halides is 2. The van der Waals surface area contributed by atoms with Gasteiger partial charge in [0.15, 0.2) is 9.75 Å². The monoisotopic (exact) mass is 282 g/mol. The molecule has 2 saturated carbocycles. The summed E-state index contributed by atoms with van der Waals surface area (Å²) >= 11 is 12.8. The second-order valence-electron chi connectivity index (χ2n) is 4.72. The lowest BCUT2D eigenvalue weighted by molar-refractivity contribution is -0.249. The molecule has 7 heteroatoms. The Balaban J connectivity index is 2.32. The number of methoxy groups -OCH3 is 2. The average molecular weight is 283 g/mol. The minimum Gasteiger partial charge on any atom is -0.358 e. The molecule has 3 fully saturated rings. The lowest BCUT2D eigenvalue weighted by Gasteiger charge is -2.39. The number of ether oxygens (including phenoxy) is 3. The van der Waals surface area contributed by atoms with E-state index in [1.54, 1.807) is 0 Å². The highest BCUT2D eigenvalue weighted by Crippen LogP contribution is 2.72. The van der Waals surface area contributed by atoms with Crippen molar-refractivity contribution in [2.75, 3.05) is 20.8 Å². The molecule has 0 amide bonds. The second kappa shape index (κ2) is 2.98. The van der Waals surface area contributed by atoms with Crippen LogP contribution in [0, 0.1) is 5.92 Å². The number of ketones is 1. The summed E-state index contributed by atoms with van der Waals surface area (Å²) in [5, 5.41) is 10.4. The molecule has 2 aliphatic carbocycles. The van der Waals surface area contributed by atoms with Crippen LogP contribution in [0.15, 0.2) is 0 Å². The molecule has 17 heavy (non-hydrogen) atoms. The summed E-state index contributed by atoms with van der Waals surface area (Å²) < 4.78 is 15.8. The van der Waals surface area contributed by atoms with Crippen LogP contribution in [0.5, 0.6) is 0 Å². The van der Waals surface area contributed by atoms with E-state index in [0.717, 1.165) is 0 Å². The van der Waals surface area contributed by atoms with Gasteiger partial charge in [0.2, 0.25) is 11.6 Å². The SMILES string of the molecule is COC1(OC)[C@@]2(Cl)C[C@@H]3CO[C@](O)(C2=O)[C@@]31Cl. The molecule has 1 heterocycles. The van der Waals surface area contributed by atoms with Gasteiger partial charge in [-0.05, 0) is 6.42 Å². The van der Waals surface area contributed by atoms with Gasteiger partial charge in [-0.2, -0.15) is 0 Å². The summed E-state index contributed by atoms with van der Waals surface area (Å²) in [6.07, 6.45) is 0.265. The zero-order valence-electron chi connectivity index (χ0n) is 9.33. The maximum absolute atomic E-state index is 12.3. The van der Waals surface area contributed by atoms with E-state index >= 15 is 0 Å². The highest BCUT2D eigenvalue weighted by molar-refractivity contribution is 6.44. The highest BCUT2D eigenvalue weighted by Gasteiger charge is 2.94. The lowest BCUT2D eigenvalue weighted by Crippen LogP contribution is -2.60. The van der Waals surface area contributed by atoms with E-state index in [2.05, 4.69) is 0 Å². The molecular formula is C10H12Cl2O5. The van der Waals surface area contributed by atoms with Gasteiger partial charge in [-0.25, -0.2) is 0 Å². The molecule has 0 aromatic heterocycles. The van der Waals surface area contributed by atoms with Crippen LogP contribution in [0.2, 0.25) is 0 Å². The first-order chi connectivity index (χ1) is 7.84. The molecule has 0 aromatic rings. The predicted octanol–water partition coefficient (Wildman–Crippen LogP) is 0.252. The van der Waals surface area contributed by atoms with E-state index in [0.29, 0.717) is 0 Å². The number of rotatable bonds is 2. The molecule has 0 spiro atoms. The van der Waals surface area contributed by atoms with E-state index in [4.69, 9.17) is 37.4 Å². The molecule has 1 N–H and O–H groups in total. The van der Waals surface area contributed by atoms with Crippen LogP contribution in [0.25, 0.3) is 0 Å². The Morgan fingerprint density at radius 1 is 1.41 bits per heavy atom. The van der Waals surface area contributed by atoms with Crippen LogP contribution in [0.1, 0.15) is 6.42 Å². The van der Waals surface area contributed by atoms with Crippen molar-refractivity contribution in [2.45, 2.75) is 27.7 Å². The fourth-order valence-electron chi connectivity index (χ4n) is 3.62. The second-order valence-corrected chi connectivity index (χ2v) is 5.96. The zero-order chi connectivity index (χ0) is 12.7. The number of hydrogen-bond donors (Lipinski definition) is 1. The van der Waals surface area contributed by atoms with Gasteiger partial charge in [-0.1, -0.05) is 0 Å². The van der Waals surface area contributed by atoms with Crippen molar-refractivity contribution >= 4 is 29.0 Å². The van der Waals surface area contributed by atoms with Gasteiger partial charge < -0.3 is 19.3 Å². The van der Waals surface area contributed by atoms with E-state index in [-0.39, 0.29) is 18.9 Å². The van der Waals surface area contributed by atoms with Crippen molar-refractivity contribution in [1.82, 2.24) is 0 Å². The fourth-order valence-corrected chi connectivity index (χ4v) is 4.88. The van der Waals surface area contributed by atoms with Gasteiger partial charge in [0.25, 0.3) is 5.79 Å². The molecule has 2 bridgehead atoms. The molecule has 1 aliphatic heterocycles. The van der Waals surface area contributed by atoms with Crippen LogP contribution >= 0.6 is 23.2 Å². The van der Waals surface area contributed by atoms with Crippen LogP contribution in [0.3, 0.4) is 0 Å². The molecule has 96 valence electrons. The Bertz CT molecular complexity index is 412. The van der Waals surface area contributed by atoms with Gasteiger partial charge in [-0.15, -0.1) is 23.2 Å². The largest absolute Gasteiger partial charge is 0.358 e. The molecule has 0 unspecified atom stereocenters. The number of carbonyl (C=O) groups is 1. The van der Waals surface area contributed by atoms with Crippen molar-refractivity contribution in [3.63, 3.8) is 0 Å². The van der Waals surface area contributed by atoms with Crippen LogP contribution in [-0.4, -0.2) is 53.0 Å². The molecular weight excluding hydrogens is 271 g/mol. The maximum Gasteiger partial charge on any atom is 0.254 e. The van der Waals surface area contributed by atoms with Crippen LogP contribution in [-0.2, 0) is 19.0 Å². The van der Waals surface area contributed by atoms with Crippen LogP contribution < -0.4 is 0 Å². The molecule has 5 nitrogen and oxygen atoms in total. The summed E-state index contributed by atoms with van der Waals surface area (Å²) in [5.74, 6) is -4.68. The Morgan fingerprint density at radius 2 is 2.00 bits per heavy atom. The Hall–Kier alpha value is 0.0900. The number of halogens is 2. The molecule has 0 aromatic carbocycles. The number of hydrogen-bond acceptors (Lipinski definition) is 5. The van der Waals surface area contributed by atoms with E-state index < -0.39 is 27.1 Å². The Kier molecular flexibility index (Phi) is 2.13. The van der Waals surface area contributed by atoms with E-state index in [1.165, 1.54) is 14.2 Å². The molecule has 3 rings (SSSR count). The third-order valence-corrected chi connectivity index (χ3v) is 5.71. The number of aliphatic hydroxyl groups is 1. The third kappa shape index (κ3) is 0.829. The Morgan fingerprint density at radius 3 is 2.47 bits per heavy atom. The normalized spacial score (nSPS) is 54.6. The van der Waals surface area contributed by atoms with Crippen molar-refractivity contribution in [1.29, 1.82) is 0 Å². The first-order valence-electron chi connectivity index (χ1n) is 5.23. The third-order valence-electron chi connectivity index (χ3n) is 4.32. The predicted molar refractivity (Wildman–Crippen MR) is 57.9 cm³/mol. The first kappa shape index (κ1) is 12.1. The van der Waals surface area contributed by atoms with Gasteiger partial charge in [0.05, 0.1) is 6.61 Å². The summed E-state index contributed by atoms with van der Waals surface area (Å²) in [5.41, 5.74) is 0. The lowest BCUT2D eigenvalue weighted by atomic mass is 9.85. The maximum atomic E-state index is 12.3. The average Bonchev–Trinajstić information content (AvgIpc) is 2.66. The topological polar surface area (TPSA) is 65.0 Å².